The van der Waals surface area contributed by atoms with Crippen molar-refractivity contribution in [3.63, 3.8) is 0 Å². The second-order valence-corrected chi connectivity index (χ2v) is 4.36. The van der Waals surface area contributed by atoms with Gasteiger partial charge in [0.2, 0.25) is 0 Å². The molecule has 0 aliphatic heterocycles. The molecule has 0 aliphatic carbocycles. The molecule has 6 heteroatoms. The van der Waals surface area contributed by atoms with Crippen LogP contribution in [-0.2, 0) is 9.13 Å². The van der Waals surface area contributed by atoms with Crippen LogP contribution in [0.2, 0.25) is 0 Å². The Hall–Kier alpha value is -1.18. The van der Waals surface area contributed by atoms with E-state index in [1.807, 2.05) is 12.1 Å². The van der Waals surface area contributed by atoms with Gasteiger partial charge in [0.25, 0.3) is 0 Å². The molecule has 0 radical (unpaired) electrons. The Morgan fingerprint density at radius 3 is 1.09 bits per heavy atom. The lowest BCUT2D eigenvalue weighted by Crippen LogP contribution is -1.73. The average molecular weight is 344 g/mol. The predicted octanol–water partition coefficient (Wildman–Crippen LogP) is 4.46. The summed E-state index contributed by atoms with van der Waals surface area (Å²) in [6.07, 6.45) is 2.64. The Bertz CT molecular complexity index is 419. The lowest BCUT2D eigenvalue weighted by molar-refractivity contribution is 0.523. The van der Waals surface area contributed by atoms with E-state index in [4.69, 9.17) is 18.9 Å². The lowest BCUT2D eigenvalue weighted by atomic mass is 10.1. The zero-order chi connectivity index (χ0) is 17.1. The molecular formula is C16H26O4P2. The minimum atomic E-state index is -1.50. The third-order valence-corrected chi connectivity index (χ3v) is 2.38. The number of benzene rings is 2. The lowest BCUT2D eigenvalue weighted by Gasteiger charge is -1.98. The van der Waals surface area contributed by atoms with Crippen molar-refractivity contribution in [3.8, 4) is 11.1 Å². The van der Waals surface area contributed by atoms with Crippen LogP contribution in [-0.4, -0.2) is 9.79 Å². The van der Waals surface area contributed by atoms with Crippen molar-refractivity contribution in [2.45, 2.75) is 26.7 Å². The van der Waals surface area contributed by atoms with Gasteiger partial charge in [0.1, 0.15) is 0 Å². The first-order valence-electron chi connectivity index (χ1n) is 6.97. The number of hydrogen-bond donors (Lipinski definition) is 2. The quantitative estimate of drug-likeness (QED) is 0.789. The summed E-state index contributed by atoms with van der Waals surface area (Å²) in [5.74, 6) is 0. The summed E-state index contributed by atoms with van der Waals surface area (Å²) in [6, 6.07) is 20.8. The van der Waals surface area contributed by atoms with Crippen LogP contribution in [0.15, 0.2) is 60.7 Å². The molecule has 0 aliphatic rings. The molecule has 22 heavy (non-hydrogen) atoms. The molecular weight excluding hydrogens is 318 g/mol. The molecule has 0 spiro atoms. The van der Waals surface area contributed by atoms with Crippen LogP contribution in [0.1, 0.15) is 26.7 Å². The summed E-state index contributed by atoms with van der Waals surface area (Å²) >= 11 is 0. The molecule has 0 amide bonds. The Kier molecular flexibility index (Phi) is 20.8. The van der Waals surface area contributed by atoms with Gasteiger partial charge < -0.3 is 9.79 Å². The van der Waals surface area contributed by atoms with Gasteiger partial charge in [0.05, 0.1) is 0 Å². The third kappa shape index (κ3) is 15.2. The van der Waals surface area contributed by atoms with Gasteiger partial charge in [-0.2, -0.15) is 0 Å². The summed E-state index contributed by atoms with van der Waals surface area (Å²) in [5, 5.41) is 0. The van der Waals surface area contributed by atoms with Crippen LogP contribution in [0.4, 0.5) is 0 Å². The van der Waals surface area contributed by atoms with E-state index in [0.717, 1.165) is 0 Å². The van der Waals surface area contributed by atoms with Gasteiger partial charge in [-0.1, -0.05) is 87.4 Å². The van der Waals surface area contributed by atoms with Gasteiger partial charge in [-0.15, -0.1) is 0 Å². The highest BCUT2D eigenvalue weighted by molar-refractivity contribution is 7.16. The van der Waals surface area contributed by atoms with Crippen LogP contribution >= 0.6 is 17.4 Å². The first-order valence-corrected chi connectivity index (χ1v) is 8.95. The molecule has 0 bridgehead atoms. The molecule has 4 nitrogen and oxygen atoms in total. The van der Waals surface area contributed by atoms with E-state index in [-0.39, 0.29) is 0 Å². The third-order valence-electron chi connectivity index (χ3n) is 2.38. The second-order valence-electron chi connectivity index (χ2n) is 3.94. The van der Waals surface area contributed by atoms with E-state index in [2.05, 4.69) is 62.4 Å². The summed E-state index contributed by atoms with van der Waals surface area (Å²) in [6.45, 7) is 4.36. The molecule has 124 valence electrons. The number of unbranched alkanes of at least 4 members (excludes halogenated alkanes) is 1. The molecule has 0 saturated heterocycles. The Labute approximate surface area is 135 Å². The van der Waals surface area contributed by atoms with Gasteiger partial charge in [0, 0.05) is 0 Å². The largest absolute Gasteiger partial charge is 0.348 e. The molecule has 0 fully saturated rings. The number of hydrogen-bond acceptors (Lipinski definition) is 2. The zero-order valence-electron chi connectivity index (χ0n) is 13.1. The molecule has 2 atom stereocenters. The van der Waals surface area contributed by atoms with Crippen molar-refractivity contribution in [2.75, 3.05) is 0 Å². The van der Waals surface area contributed by atoms with Crippen molar-refractivity contribution in [2.24, 2.45) is 0 Å². The van der Waals surface area contributed by atoms with Crippen molar-refractivity contribution < 1.29 is 18.9 Å². The van der Waals surface area contributed by atoms with E-state index in [1.54, 1.807) is 0 Å². The summed E-state index contributed by atoms with van der Waals surface area (Å²) < 4.78 is 17.1. The van der Waals surface area contributed by atoms with Crippen LogP contribution in [0, 0.1) is 0 Å². The normalized spacial score (nSPS) is 9.27. The van der Waals surface area contributed by atoms with E-state index in [9.17, 15) is 0 Å². The molecule has 2 aromatic rings. The molecule has 0 saturated carbocycles. The summed E-state index contributed by atoms with van der Waals surface area (Å²) in [4.78, 5) is 14.2. The van der Waals surface area contributed by atoms with Gasteiger partial charge in [-0.3, -0.25) is 9.13 Å². The molecule has 2 rings (SSSR count). The molecule has 2 aromatic carbocycles. The first-order chi connectivity index (χ1) is 10.7. The Morgan fingerprint density at radius 1 is 0.682 bits per heavy atom. The van der Waals surface area contributed by atoms with E-state index in [1.165, 1.54) is 24.0 Å². The fraction of sp³-hybridized carbons (Fsp3) is 0.250. The summed E-state index contributed by atoms with van der Waals surface area (Å²) in [7, 11) is -3.00. The second kappa shape index (κ2) is 19.8. The molecule has 2 N–H and O–H groups in total. The van der Waals surface area contributed by atoms with Crippen LogP contribution in [0.25, 0.3) is 11.1 Å². The van der Waals surface area contributed by atoms with E-state index >= 15 is 0 Å². The average Bonchev–Trinajstić information content (AvgIpc) is 2.58. The van der Waals surface area contributed by atoms with Gasteiger partial charge in [-0.25, -0.2) is 0 Å². The van der Waals surface area contributed by atoms with Crippen molar-refractivity contribution >= 4 is 17.4 Å². The highest BCUT2D eigenvalue weighted by atomic mass is 31.1. The van der Waals surface area contributed by atoms with Crippen LogP contribution in [0.5, 0.6) is 0 Å². The zero-order valence-corrected chi connectivity index (χ0v) is 15.4. The maximum absolute atomic E-state index is 8.57. The molecule has 0 heterocycles. The highest BCUT2D eigenvalue weighted by Crippen LogP contribution is 2.17. The maximum Gasteiger partial charge on any atom is 0.177 e. The predicted molar refractivity (Wildman–Crippen MR) is 97.7 cm³/mol. The standard InChI is InChI=1S/C12H10.C4H10.2H3O2P/c1-3-7-11(8-4-1)12-9-5-2-6-10-12;1-3-4-2;2*1-3-2/h1-10H;3-4H2,1-2H3;2*3H2,(H,1,2). The van der Waals surface area contributed by atoms with Crippen molar-refractivity contribution in [1.82, 2.24) is 0 Å². The van der Waals surface area contributed by atoms with Crippen molar-refractivity contribution in [1.29, 1.82) is 0 Å². The van der Waals surface area contributed by atoms with Crippen LogP contribution in [0.3, 0.4) is 0 Å². The van der Waals surface area contributed by atoms with Gasteiger partial charge in [0.15, 0.2) is 17.4 Å². The van der Waals surface area contributed by atoms with Crippen molar-refractivity contribution in [3.05, 3.63) is 60.7 Å². The minimum absolute atomic E-state index is 1.28. The van der Waals surface area contributed by atoms with Gasteiger partial charge >= 0.3 is 0 Å². The highest BCUT2D eigenvalue weighted by Gasteiger charge is 1.91. The molecule has 2 unspecified atom stereocenters. The maximum atomic E-state index is 8.57. The fourth-order valence-electron chi connectivity index (χ4n) is 1.26. The summed E-state index contributed by atoms with van der Waals surface area (Å²) in [5.41, 5.74) is 2.55. The Balaban J connectivity index is 0. The smallest absolute Gasteiger partial charge is 0.177 e. The van der Waals surface area contributed by atoms with E-state index < -0.39 is 17.4 Å². The topological polar surface area (TPSA) is 74.6 Å². The monoisotopic (exact) mass is 344 g/mol. The SMILES string of the molecule is CCCC.O=[PH2]O.O=[PH2]O.c1ccc(-c2ccccc2)cc1. The molecule has 0 aromatic heterocycles. The first kappa shape index (κ1) is 23.1. The minimum Gasteiger partial charge on any atom is -0.348 e. The van der Waals surface area contributed by atoms with E-state index in [0.29, 0.717) is 0 Å². The van der Waals surface area contributed by atoms with Crippen LogP contribution < -0.4 is 0 Å². The van der Waals surface area contributed by atoms with Gasteiger partial charge in [-0.05, 0) is 11.1 Å². The fourth-order valence-corrected chi connectivity index (χ4v) is 1.26. The Morgan fingerprint density at radius 2 is 0.909 bits per heavy atom. The number of rotatable bonds is 2.